The molecule has 0 bridgehead atoms. The van der Waals surface area contributed by atoms with Gasteiger partial charge in [0.15, 0.2) is 0 Å². The molecule has 1 atom stereocenters. The summed E-state index contributed by atoms with van der Waals surface area (Å²) in [6.07, 6.45) is 6.45. The lowest BCUT2D eigenvalue weighted by atomic mass is 10.1. The Labute approximate surface area is 182 Å². The molecule has 1 aromatic carbocycles. The molecule has 7 nitrogen and oxygen atoms in total. The molecule has 0 saturated heterocycles. The molecule has 1 amide bonds. The van der Waals surface area contributed by atoms with Crippen LogP contribution in [-0.2, 0) is 11.3 Å². The second kappa shape index (κ2) is 9.26. The van der Waals surface area contributed by atoms with Crippen LogP contribution in [0.4, 0.5) is 0 Å². The minimum atomic E-state index is -0.102. The lowest BCUT2D eigenvalue weighted by Gasteiger charge is -2.24. The van der Waals surface area contributed by atoms with E-state index in [0.29, 0.717) is 11.1 Å². The standard InChI is InChI=1S/C22H27ClN6O/c1-15(2)12-28-22(23)20(16(3)26-28)10-11-21(30)27(5)17(4)18-6-8-19(9-7-18)29-14-24-13-25-29/h6-11,13-15,17H,12H2,1-5H3/b11-10+/t17-/m1/s1. The van der Waals surface area contributed by atoms with Crippen molar-refractivity contribution in [2.45, 2.75) is 40.3 Å². The van der Waals surface area contributed by atoms with Crippen molar-refractivity contribution in [1.29, 1.82) is 0 Å². The van der Waals surface area contributed by atoms with Crippen LogP contribution in [-0.4, -0.2) is 42.4 Å². The minimum absolute atomic E-state index is 0.0906. The number of nitrogens with zero attached hydrogens (tertiary/aromatic N) is 6. The number of carbonyl (C=O) groups excluding carboxylic acids is 1. The number of aromatic nitrogens is 5. The molecule has 2 aromatic heterocycles. The Hall–Kier alpha value is -2.93. The number of benzene rings is 1. The van der Waals surface area contributed by atoms with Gasteiger partial charge in [-0.1, -0.05) is 37.6 Å². The van der Waals surface area contributed by atoms with E-state index in [-0.39, 0.29) is 11.9 Å². The summed E-state index contributed by atoms with van der Waals surface area (Å²) >= 11 is 6.47. The molecule has 30 heavy (non-hydrogen) atoms. The average Bonchev–Trinajstić information content (AvgIpc) is 3.34. The lowest BCUT2D eigenvalue weighted by Crippen LogP contribution is -2.28. The smallest absolute Gasteiger partial charge is 0.246 e. The highest BCUT2D eigenvalue weighted by Gasteiger charge is 2.17. The normalized spacial score (nSPS) is 12.6. The van der Waals surface area contributed by atoms with E-state index in [0.717, 1.165) is 29.1 Å². The average molecular weight is 427 g/mol. The molecule has 0 aliphatic rings. The molecular weight excluding hydrogens is 400 g/mol. The van der Waals surface area contributed by atoms with Crippen molar-refractivity contribution in [3.8, 4) is 5.69 Å². The van der Waals surface area contributed by atoms with Gasteiger partial charge in [0.1, 0.15) is 17.8 Å². The summed E-state index contributed by atoms with van der Waals surface area (Å²) in [5, 5.41) is 9.17. The number of rotatable bonds is 7. The van der Waals surface area contributed by atoms with Gasteiger partial charge in [-0.05, 0) is 43.5 Å². The SMILES string of the molecule is Cc1nn(CC(C)C)c(Cl)c1/C=C/C(=O)N(C)[C@H](C)c1ccc(-n2cncn2)cc1. The summed E-state index contributed by atoms with van der Waals surface area (Å²) in [7, 11) is 1.79. The van der Waals surface area contributed by atoms with Gasteiger partial charge in [-0.2, -0.15) is 10.2 Å². The number of likely N-dealkylation sites (N-methyl/N-ethyl adjacent to an activating group) is 1. The van der Waals surface area contributed by atoms with Crippen LogP contribution in [0.3, 0.4) is 0 Å². The molecular formula is C22H27ClN6O. The number of halogens is 1. The van der Waals surface area contributed by atoms with Crippen molar-refractivity contribution < 1.29 is 4.79 Å². The highest BCUT2D eigenvalue weighted by molar-refractivity contribution is 6.31. The van der Waals surface area contributed by atoms with Crippen molar-refractivity contribution in [2.24, 2.45) is 5.92 Å². The molecule has 8 heteroatoms. The topological polar surface area (TPSA) is 68.8 Å². The Morgan fingerprint density at radius 1 is 1.23 bits per heavy atom. The van der Waals surface area contributed by atoms with Gasteiger partial charge >= 0.3 is 0 Å². The summed E-state index contributed by atoms with van der Waals surface area (Å²) in [6, 6.07) is 7.81. The molecule has 2 heterocycles. The fourth-order valence-electron chi connectivity index (χ4n) is 3.16. The second-order valence-corrected chi connectivity index (χ2v) is 8.11. The van der Waals surface area contributed by atoms with E-state index in [1.807, 2.05) is 38.1 Å². The van der Waals surface area contributed by atoms with Crippen molar-refractivity contribution in [3.05, 3.63) is 65.0 Å². The quantitative estimate of drug-likeness (QED) is 0.528. The molecule has 0 unspecified atom stereocenters. The summed E-state index contributed by atoms with van der Waals surface area (Å²) in [5.41, 5.74) is 3.54. The van der Waals surface area contributed by atoms with Crippen molar-refractivity contribution in [3.63, 3.8) is 0 Å². The zero-order valence-electron chi connectivity index (χ0n) is 18.0. The van der Waals surface area contributed by atoms with Crippen LogP contribution in [0.25, 0.3) is 11.8 Å². The first kappa shape index (κ1) is 21.8. The predicted octanol–water partition coefficient (Wildman–Crippen LogP) is 4.31. The Kier molecular flexibility index (Phi) is 6.72. The molecule has 0 radical (unpaired) electrons. The zero-order chi connectivity index (χ0) is 21.8. The second-order valence-electron chi connectivity index (χ2n) is 7.76. The highest BCUT2D eigenvalue weighted by Crippen LogP contribution is 2.24. The molecule has 158 valence electrons. The van der Waals surface area contributed by atoms with Crippen LogP contribution in [0, 0.1) is 12.8 Å². The van der Waals surface area contributed by atoms with Crippen LogP contribution in [0.2, 0.25) is 5.15 Å². The Morgan fingerprint density at radius 2 is 1.93 bits per heavy atom. The first-order valence-electron chi connectivity index (χ1n) is 9.90. The maximum Gasteiger partial charge on any atom is 0.246 e. The van der Waals surface area contributed by atoms with E-state index < -0.39 is 0 Å². The number of aryl methyl sites for hydroxylation is 1. The molecule has 0 fully saturated rings. The van der Waals surface area contributed by atoms with Crippen LogP contribution >= 0.6 is 11.6 Å². The van der Waals surface area contributed by atoms with Gasteiger partial charge in [-0.15, -0.1) is 0 Å². The Morgan fingerprint density at radius 3 is 2.53 bits per heavy atom. The zero-order valence-corrected chi connectivity index (χ0v) is 18.7. The molecule has 0 aliphatic carbocycles. The van der Waals surface area contributed by atoms with Crippen molar-refractivity contribution in [2.75, 3.05) is 7.05 Å². The largest absolute Gasteiger partial charge is 0.335 e. The molecule has 0 aliphatic heterocycles. The van der Waals surface area contributed by atoms with Crippen molar-refractivity contribution in [1.82, 2.24) is 29.4 Å². The van der Waals surface area contributed by atoms with E-state index in [1.165, 1.54) is 6.33 Å². The lowest BCUT2D eigenvalue weighted by molar-refractivity contribution is -0.126. The van der Waals surface area contributed by atoms with Crippen LogP contribution in [0.15, 0.2) is 43.0 Å². The molecule has 0 spiro atoms. The third-order valence-corrected chi connectivity index (χ3v) is 5.43. The third-order valence-electron chi connectivity index (χ3n) is 5.03. The summed E-state index contributed by atoms with van der Waals surface area (Å²) in [4.78, 5) is 18.4. The summed E-state index contributed by atoms with van der Waals surface area (Å²) in [6.45, 7) is 8.86. The van der Waals surface area contributed by atoms with Crippen LogP contribution in [0.1, 0.15) is 43.6 Å². The third kappa shape index (κ3) is 4.79. The first-order chi connectivity index (χ1) is 14.3. The number of carbonyl (C=O) groups is 1. The molecule has 3 aromatic rings. The number of amides is 1. The van der Waals surface area contributed by atoms with Gasteiger partial charge in [0.05, 0.1) is 17.4 Å². The van der Waals surface area contributed by atoms with E-state index >= 15 is 0 Å². The van der Waals surface area contributed by atoms with Crippen molar-refractivity contribution >= 4 is 23.6 Å². The molecule has 0 saturated carbocycles. The minimum Gasteiger partial charge on any atom is -0.335 e. The number of hydrogen-bond acceptors (Lipinski definition) is 4. The Balaban J connectivity index is 1.70. The van der Waals surface area contributed by atoms with E-state index in [2.05, 4.69) is 29.0 Å². The van der Waals surface area contributed by atoms with Gasteiger partial charge in [0.2, 0.25) is 5.91 Å². The van der Waals surface area contributed by atoms with E-state index in [4.69, 9.17) is 11.6 Å². The molecule has 0 N–H and O–H groups in total. The summed E-state index contributed by atoms with van der Waals surface area (Å²) < 4.78 is 3.48. The van der Waals surface area contributed by atoms with Gasteiger partial charge in [-0.3, -0.25) is 9.48 Å². The predicted molar refractivity (Wildman–Crippen MR) is 118 cm³/mol. The van der Waals surface area contributed by atoms with Gasteiger partial charge in [0.25, 0.3) is 0 Å². The maximum absolute atomic E-state index is 12.7. The van der Waals surface area contributed by atoms with Crippen LogP contribution in [0.5, 0.6) is 0 Å². The monoisotopic (exact) mass is 426 g/mol. The van der Waals surface area contributed by atoms with Gasteiger partial charge in [-0.25, -0.2) is 9.67 Å². The Bertz CT molecular complexity index is 1020. The van der Waals surface area contributed by atoms with E-state index in [9.17, 15) is 4.79 Å². The van der Waals surface area contributed by atoms with Gasteiger partial charge < -0.3 is 4.90 Å². The maximum atomic E-state index is 12.7. The van der Waals surface area contributed by atoms with E-state index in [1.54, 1.807) is 39.8 Å². The number of hydrogen-bond donors (Lipinski definition) is 0. The highest BCUT2D eigenvalue weighted by atomic mass is 35.5. The first-order valence-corrected chi connectivity index (χ1v) is 10.3. The fourth-order valence-corrected chi connectivity index (χ4v) is 3.46. The fraction of sp³-hybridized carbons (Fsp3) is 0.364. The molecule has 3 rings (SSSR count). The van der Waals surface area contributed by atoms with Gasteiger partial charge in [0, 0.05) is 25.2 Å². The summed E-state index contributed by atoms with van der Waals surface area (Å²) in [5.74, 6) is 0.332. The van der Waals surface area contributed by atoms with Crippen LogP contribution < -0.4 is 0 Å².